The first kappa shape index (κ1) is 13.2. The predicted molar refractivity (Wildman–Crippen MR) is 80.0 cm³/mol. The normalized spacial score (nSPS) is 21.0. The third kappa shape index (κ3) is 2.95. The van der Waals surface area contributed by atoms with Crippen LogP contribution in [-0.4, -0.2) is 12.6 Å². The molecule has 0 amide bonds. The lowest BCUT2D eigenvalue weighted by Gasteiger charge is -2.32. The molecule has 0 N–H and O–H groups in total. The highest BCUT2D eigenvalue weighted by molar-refractivity contribution is 5.48. The Hall–Kier alpha value is -1.24. The van der Waals surface area contributed by atoms with Crippen molar-refractivity contribution in [2.45, 2.75) is 45.6 Å². The molecule has 1 unspecified atom stereocenters. The monoisotopic (exact) mass is 243 g/mol. The van der Waals surface area contributed by atoms with Gasteiger partial charge in [0.2, 0.25) is 0 Å². The first-order valence-electron chi connectivity index (χ1n) is 7.20. The van der Waals surface area contributed by atoms with E-state index in [-0.39, 0.29) is 0 Å². The minimum atomic E-state index is 0.690. The molecule has 1 nitrogen and oxygen atoms in total. The number of allylic oxidation sites excluding steroid dienone is 1. The summed E-state index contributed by atoms with van der Waals surface area (Å²) in [6.45, 7) is 9.96. The lowest BCUT2D eigenvalue weighted by molar-refractivity contribution is 0.447. The Morgan fingerprint density at radius 3 is 2.78 bits per heavy atom. The Kier molecular flexibility index (Phi) is 4.46. The van der Waals surface area contributed by atoms with Crippen LogP contribution in [0.5, 0.6) is 0 Å². The summed E-state index contributed by atoms with van der Waals surface area (Å²) in [6.07, 6.45) is 4.93. The van der Waals surface area contributed by atoms with Crippen LogP contribution in [0, 0.1) is 5.92 Å². The first-order valence-corrected chi connectivity index (χ1v) is 7.20. The maximum Gasteiger partial charge on any atom is 0.0368 e. The van der Waals surface area contributed by atoms with Gasteiger partial charge in [-0.15, -0.1) is 0 Å². The second kappa shape index (κ2) is 6.08. The summed E-state index contributed by atoms with van der Waals surface area (Å²) in [5.74, 6) is 0.708. The average molecular weight is 243 g/mol. The van der Waals surface area contributed by atoms with E-state index in [1.54, 1.807) is 0 Å². The van der Waals surface area contributed by atoms with Gasteiger partial charge in [-0.1, -0.05) is 44.2 Å². The van der Waals surface area contributed by atoms with Crippen molar-refractivity contribution in [1.82, 2.24) is 0 Å². The van der Waals surface area contributed by atoms with Crippen LogP contribution in [0.1, 0.15) is 39.5 Å². The van der Waals surface area contributed by atoms with Gasteiger partial charge in [-0.05, 0) is 43.7 Å². The van der Waals surface area contributed by atoms with Crippen LogP contribution >= 0.6 is 0 Å². The fourth-order valence-electron chi connectivity index (χ4n) is 3.06. The summed E-state index contributed by atoms with van der Waals surface area (Å²) in [5.41, 5.74) is 2.77. The summed E-state index contributed by atoms with van der Waals surface area (Å²) in [5, 5.41) is 0. The smallest absolute Gasteiger partial charge is 0.0368 e. The number of benzene rings is 1. The number of rotatable bonds is 5. The highest BCUT2D eigenvalue weighted by Gasteiger charge is 2.29. The second-order valence-corrected chi connectivity index (χ2v) is 5.52. The van der Waals surface area contributed by atoms with E-state index >= 15 is 0 Å². The number of hydrogen-bond donors (Lipinski definition) is 0. The van der Waals surface area contributed by atoms with E-state index in [1.165, 1.54) is 37.1 Å². The Balaban J connectivity index is 2.06. The van der Waals surface area contributed by atoms with Crippen molar-refractivity contribution in [1.29, 1.82) is 0 Å². The molecule has 1 aromatic rings. The topological polar surface area (TPSA) is 3.24 Å². The molecule has 1 heteroatoms. The molecule has 1 aliphatic heterocycles. The molecule has 0 spiro atoms. The van der Waals surface area contributed by atoms with Gasteiger partial charge >= 0.3 is 0 Å². The first-order chi connectivity index (χ1) is 8.72. The molecule has 1 fully saturated rings. The maximum absolute atomic E-state index is 4.16. The van der Waals surface area contributed by atoms with E-state index in [0.717, 1.165) is 6.42 Å². The van der Waals surface area contributed by atoms with Crippen LogP contribution in [0.2, 0.25) is 0 Å². The lowest BCUT2D eigenvalue weighted by Crippen LogP contribution is -2.34. The summed E-state index contributed by atoms with van der Waals surface area (Å²) < 4.78 is 0. The molecule has 1 saturated heterocycles. The van der Waals surface area contributed by atoms with Gasteiger partial charge in [0.05, 0.1) is 0 Å². The Bertz CT molecular complexity index is 382. The molecule has 18 heavy (non-hydrogen) atoms. The quantitative estimate of drug-likeness (QED) is 0.680. The molecule has 2 rings (SSSR count). The van der Waals surface area contributed by atoms with Gasteiger partial charge in [0.25, 0.3) is 0 Å². The number of para-hydroxylation sites is 1. The fourth-order valence-corrected chi connectivity index (χ4v) is 3.06. The van der Waals surface area contributed by atoms with Crippen LogP contribution < -0.4 is 4.90 Å². The SMILES string of the molecule is C=C(CC)CC(C)[C@@H]1CCCN1c1ccccc1. The number of hydrogen-bond acceptors (Lipinski definition) is 1. The predicted octanol–water partition coefficient (Wildman–Crippen LogP) is 4.65. The van der Waals surface area contributed by atoms with Crippen molar-refractivity contribution in [2.24, 2.45) is 5.92 Å². The molecule has 0 radical (unpaired) electrons. The van der Waals surface area contributed by atoms with Crippen LogP contribution in [0.15, 0.2) is 42.5 Å². The molecule has 0 saturated carbocycles. The zero-order valence-corrected chi connectivity index (χ0v) is 11.7. The molecular formula is C17H25N. The molecule has 0 aromatic heterocycles. The van der Waals surface area contributed by atoms with Crippen molar-refractivity contribution in [3.63, 3.8) is 0 Å². The fraction of sp³-hybridized carbons (Fsp3) is 0.529. The minimum Gasteiger partial charge on any atom is -0.368 e. The largest absolute Gasteiger partial charge is 0.368 e. The van der Waals surface area contributed by atoms with Crippen LogP contribution in [-0.2, 0) is 0 Å². The summed E-state index contributed by atoms with van der Waals surface area (Å²) in [6, 6.07) is 11.5. The van der Waals surface area contributed by atoms with Crippen molar-refractivity contribution in [3.8, 4) is 0 Å². The van der Waals surface area contributed by atoms with Crippen molar-refractivity contribution >= 4 is 5.69 Å². The standard InChI is InChI=1S/C17H25N/c1-4-14(2)13-15(3)17-11-8-12-18(17)16-9-6-5-7-10-16/h5-7,9-10,15,17H,2,4,8,11-13H2,1,3H3/t15?,17-/m0/s1. The summed E-state index contributed by atoms with van der Waals surface area (Å²) >= 11 is 0. The van der Waals surface area contributed by atoms with Crippen LogP contribution in [0.4, 0.5) is 5.69 Å². The molecule has 1 heterocycles. The van der Waals surface area contributed by atoms with Gasteiger partial charge in [0.15, 0.2) is 0 Å². The Morgan fingerprint density at radius 2 is 2.11 bits per heavy atom. The molecule has 1 aliphatic rings. The van der Waals surface area contributed by atoms with Crippen molar-refractivity contribution in [3.05, 3.63) is 42.5 Å². The minimum absolute atomic E-state index is 0.690. The van der Waals surface area contributed by atoms with Crippen molar-refractivity contribution in [2.75, 3.05) is 11.4 Å². The molecule has 1 aromatic carbocycles. The summed E-state index contributed by atoms with van der Waals surface area (Å²) in [7, 11) is 0. The van der Waals surface area contributed by atoms with E-state index in [1.807, 2.05) is 0 Å². The van der Waals surface area contributed by atoms with E-state index in [4.69, 9.17) is 0 Å². The second-order valence-electron chi connectivity index (χ2n) is 5.52. The highest BCUT2D eigenvalue weighted by atomic mass is 15.2. The van der Waals surface area contributed by atoms with Crippen LogP contribution in [0.25, 0.3) is 0 Å². The van der Waals surface area contributed by atoms with E-state index in [2.05, 4.69) is 55.7 Å². The number of nitrogens with zero attached hydrogens (tertiary/aromatic N) is 1. The van der Waals surface area contributed by atoms with Gasteiger partial charge in [0.1, 0.15) is 0 Å². The summed E-state index contributed by atoms with van der Waals surface area (Å²) in [4.78, 5) is 2.59. The third-order valence-electron chi connectivity index (χ3n) is 4.15. The van der Waals surface area contributed by atoms with Crippen molar-refractivity contribution < 1.29 is 0 Å². The van der Waals surface area contributed by atoms with Gasteiger partial charge in [-0.3, -0.25) is 0 Å². The van der Waals surface area contributed by atoms with Gasteiger partial charge in [-0.25, -0.2) is 0 Å². The van der Waals surface area contributed by atoms with Crippen LogP contribution in [0.3, 0.4) is 0 Å². The zero-order valence-electron chi connectivity index (χ0n) is 11.7. The van der Waals surface area contributed by atoms with E-state index < -0.39 is 0 Å². The zero-order chi connectivity index (χ0) is 13.0. The molecule has 0 bridgehead atoms. The average Bonchev–Trinajstić information content (AvgIpc) is 2.88. The van der Waals surface area contributed by atoms with E-state index in [0.29, 0.717) is 12.0 Å². The Morgan fingerprint density at radius 1 is 1.39 bits per heavy atom. The third-order valence-corrected chi connectivity index (χ3v) is 4.15. The molecule has 2 atom stereocenters. The maximum atomic E-state index is 4.16. The highest BCUT2D eigenvalue weighted by Crippen LogP contribution is 2.32. The molecule has 98 valence electrons. The van der Waals surface area contributed by atoms with E-state index in [9.17, 15) is 0 Å². The lowest BCUT2D eigenvalue weighted by atomic mass is 9.91. The number of anilines is 1. The Labute approximate surface area is 112 Å². The van der Waals surface area contributed by atoms with Gasteiger partial charge in [0, 0.05) is 18.3 Å². The molecular weight excluding hydrogens is 218 g/mol. The molecule has 0 aliphatic carbocycles. The van der Waals surface area contributed by atoms with Gasteiger partial charge < -0.3 is 4.90 Å². The van der Waals surface area contributed by atoms with Gasteiger partial charge in [-0.2, -0.15) is 0 Å².